The minimum absolute atomic E-state index is 0.0325. The number of hydrogen-bond acceptors (Lipinski definition) is 3. The Kier molecular flexibility index (Phi) is 6.87. The summed E-state index contributed by atoms with van der Waals surface area (Å²) in [5.74, 6) is 0.953. The molecule has 1 heterocycles. The molecule has 3 rings (SSSR count). The molecule has 1 saturated heterocycles. The van der Waals surface area contributed by atoms with Crippen LogP contribution in [0.15, 0.2) is 59.1 Å². The molecule has 2 amide bonds. The highest BCUT2D eigenvalue weighted by atomic mass is 79.9. The molecule has 0 atom stereocenters. The average molecular weight is 431 g/mol. The minimum atomic E-state index is 0.0325. The lowest BCUT2D eigenvalue weighted by atomic mass is 10.1. The second kappa shape index (κ2) is 9.55. The van der Waals surface area contributed by atoms with Gasteiger partial charge in [0.1, 0.15) is 5.75 Å². The first kappa shape index (κ1) is 19.4. The normalized spacial score (nSPS) is 14.1. The van der Waals surface area contributed by atoms with Gasteiger partial charge in [-0.3, -0.25) is 9.59 Å². The van der Waals surface area contributed by atoms with Crippen LogP contribution in [0.2, 0.25) is 0 Å². The van der Waals surface area contributed by atoms with Gasteiger partial charge >= 0.3 is 0 Å². The summed E-state index contributed by atoms with van der Waals surface area (Å²) in [4.78, 5) is 28.5. The highest BCUT2D eigenvalue weighted by molar-refractivity contribution is 9.10. The van der Waals surface area contributed by atoms with Gasteiger partial charge in [0, 0.05) is 42.6 Å². The van der Waals surface area contributed by atoms with Crippen LogP contribution in [0.25, 0.3) is 0 Å². The summed E-state index contributed by atoms with van der Waals surface area (Å²) in [6, 6.07) is 16.9. The molecule has 0 unspecified atom stereocenters. The Labute approximate surface area is 168 Å². The van der Waals surface area contributed by atoms with Crippen molar-refractivity contribution >= 4 is 27.7 Å². The van der Waals surface area contributed by atoms with Crippen molar-refractivity contribution in [3.05, 3.63) is 64.6 Å². The number of amides is 2. The smallest absolute Gasteiger partial charge is 0.253 e. The van der Waals surface area contributed by atoms with E-state index in [4.69, 9.17) is 4.74 Å². The van der Waals surface area contributed by atoms with Crippen molar-refractivity contribution in [1.82, 2.24) is 9.80 Å². The van der Waals surface area contributed by atoms with Gasteiger partial charge in [-0.25, -0.2) is 0 Å². The van der Waals surface area contributed by atoms with Crippen molar-refractivity contribution in [2.75, 3.05) is 32.8 Å². The van der Waals surface area contributed by atoms with Crippen molar-refractivity contribution in [3.8, 4) is 5.75 Å². The summed E-state index contributed by atoms with van der Waals surface area (Å²) in [6.07, 6.45) is 1.13. The van der Waals surface area contributed by atoms with E-state index in [1.54, 1.807) is 0 Å². The molecule has 1 fully saturated rings. The first-order valence-corrected chi connectivity index (χ1v) is 9.93. The highest BCUT2D eigenvalue weighted by Crippen LogP contribution is 2.18. The molecule has 2 aromatic carbocycles. The first-order valence-electron chi connectivity index (χ1n) is 9.14. The molecule has 6 heteroatoms. The molecular weight excluding hydrogens is 408 g/mol. The van der Waals surface area contributed by atoms with Gasteiger partial charge in [0.15, 0.2) is 0 Å². The number of nitrogens with zero attached hydrogens (tertiary/aromatic N) is 2. The van der Waals surface area contributed by atoms with E-state index < -0.39 is 0 Å². The number of halogens is 1. The largest absolute Gasteiger partial charge is 0.494 e. The third kappa shape index (κ3) is 5.57. The number of hydrogen-bond donors (Lipinski definition) is 0. The lowest BCUT2D eigenvalue weighted by molar-refractivity contribution is -0.132. The molecule has 0 aliphatic carbocycles. The third-order valence-corrected chi connectivity index (χ3v) is 5.03. The number of rotatable bonds is 6. The molecular formula is C21H23BrN2O3. The highest BCUT2D eigenvalue weighted by Gasteiger charge is 2.24. The van der Waals surface area contributed by atoms with Crippen LogP contribution in [0, 0.1) is 0 Å². The van der Waals surface area contributed by atoms with E-state index in [9.17, 15) is 9.59 Å². The maximum Gasteiger partial charge on any atom is 0.253 e. The number of carbonyl (C=O) groups is 2. The fourth-order valence-electron chi connectivity index (χ4n) is 3.05. The van der Waals surface area contributed by atoms with Gasteiger partial charge < -0.3 is 14.5 Å². The Balaban J connectivity index is 1.38. The zero-order valence-electron chi connectivity index (χ0n) is 15.1. The first-order chi connectivity index (χ1) is 13.1. The standard InChI is InChI=1S/C21H23BrN2O3/c22-18-8-4-9-19(16-18)27-15-5-10-20(25)23-11-13-24(14-12-23)21(26)17-6-2-1-3-7-17/h1-4,6-9,16H,5,10-15H2. The quantitative estimate of drug-likeness (QED) is 0.657. The summed E-state index contributed by atoms with van der Waals surface area (Å²) in [6.45, 7) is 2.84. The Bertz CT molecular complexity index is 774. The van der Waals surface area contributed by atoms with Crippen molar-refractivity contribution in [2.45, 2.75) is 12.8 Å². The van der Waals surface area contributed by atoms with E-state index in [-0.39, 0.29) is 11.8 Å². The molecule has 0 aromatic heterocycles. The van der Waals surface area contributed by atoms with E-state index in [2.05, 4.69) is 15.9 Å². The number of piperazine rings is 1. The fraction of sp³-hybridized carbons (Fsp3) is 0.333. The lowest BCUT2D eigenvalue weighted by Gasteiger charge is -2.35. The molecule has 0 saturated carbocycles. The second-order valence-corrected chi connectivity index (χ2v) is 7.36. The van der Waals surface area contributed by atoms with Gasteiger partial charge in [-0.1, -0.05) is 40.2 Å². The maximum absolute atomic E-state index is 12.4. The lowest BCUT2D eigenvalue weighted by Crippen LogP contribution is -2.50. The van der Waals surface area contributed by atoms with Crippen LogP contribution in [0.5, 0.6) is 5.75 Å². The molecule has 2 aromatic rings. The Morgan fingerprint density at radius 2 is 1.63 bits per heavy atom. The van der Waals surface area contributed by atoms with E-state index in [0.29, 0.717) is 51.2 Å². The van der Waals surface area contributed by atoms with Crippen LogP contribution < -0.4 is 4.74 Å². The Morgan fingerprint density at radius 3 is 2.33 bits per heavy atom. The van der Waals surface area contributed by atoms with Crippen molar-refractivity contribution < 1.29 is 14.3 Å². The molecule has 0 spiro atoms. The van der Waals surface area contributed by atoms with Gasteiger partial charge in [0.05, 0.1) is 6.61 Å². The average Bonchev–Trinajstić information content (AvgIpc) is 2.71. The molecule has 1 aliphatic heterocycles. The predicted molar refractivity (Wildman–Crippen MR) is 108 cm³/mol. The van der Waals surface area contributed by atoms with Crippen LogP contribution >= 0.6 is 15.9 Å². The second-order valence-electron chi connectivity index (χ2n) is 6.45. The van der Waals surface area contributed by atoms with Crippen LogP contribution in [0.1, 0.15) is 23.2 Å². The monoisotopic (exact) mass is 430 g/mol. The Morgan fingerprint density at radius 1 is 0.926 bits per heavy atom. The zero-order valence-corrected chi connectivity index (χ0v) is 16.7. The van der Waals surface area contributed by atoms with Gasteiger partial charge in [0.25, 0.3) is 5.91 Å². The maximum atomic E-state index is 12.4. The molecule has 0 bridgehead atoms. The molecule has 1 aliphatic rings. The van der Waals surface area contributed by atoms with Crippen LogP contribution in [0.3, 0.4) is 0 Å². The third-order valence-electron chi connectivity index (χ3n) is 4.54. The van der Waals surface area contributed by atoms with Gasteiger partial charge in [-0.2, -0.15) is 0 Å². The molecule has 27 heavy (non-hydrogen) atoms. The Hall–Kier alpha value is -2.34. The van der Waals surface area contributed by atoms with Gasteiger partial charge in [-0.05, 0) is 36.8 Å². The summed E-state index contributed by atoms with van der Waals surface area (Å²) < 4.78 is 6.64. The minimum Gasteiger partial charge on any atom is -0.494 e. The number of benzene rings is 2. The van der Waals surface area contributed by atoms with E-state index in [1.165, 1.54) is 0 Å². The van der Waals surface area contributed by atoms with E-state index >= 15 is 0 Å². The van der Waals surface area contributed by atoms with Crippen molar-refractivity contribution in [2.24, 2.45) is 0 Å². The summed E-state index contributed by atoms with van der Waals surface area (Å²) in [5, 5.41) is 0. The van der Waals surface area contributed by atoms with Crippen LogP contribution in [0.4, 0.5) is 0 Å². The molecule has 142 valence electrons. The van der Waals surface area contributed by atoms with Crippen LogP contribution in [-0.2, 0) is 4.79 Å². The summed E-state index contributed by atoms with van der Waals surface area (Å²) >= 11 is 3.41. The summed E-state index contributed by atoms with van der Waals surface area (Å²) in [5.41, 5.74) is 0.696. The van der Waals surface area contributed by atoms with Crippen LogP contribution in [-0.4, -0.2) is 54.4 Å². The van der Waals surface area contributed by atoms with Crippen molar-refractivity contribution in [1.29, 1.82) is 0 Å². The van der Waals surface area contributed by atoms with Gasteiger partial charge in [-0.15, -0.1) is 0 Å². The summed E-state index contributed by atoms with van der Waals surface area (Å²) in [7, 11) is 0. The van der Waals surface area contributed by atoms with Crippen molar-refractivity contribution in [3.63, 3.8) is 0 Å². The van der Waals surface area contributed by atoms with Gasteiger partial charge in [0.2, 0.25) is 5.91 Å². The zero-order chi connectivity index (χ0) is 19.1. The fourth-order valence-corrected chi connectivity index (χ4v) is 3.43. The van der Waals surface area contributed by atoms with E-state index in [0.717, 1.165) is 10.2 Å². The molecule has 0 radical (unpaired) electrons. The number of carbonyl (C=O) groups excluding carboxylic acids is 2. The SMILES string of the molecule is O=C(CCCOc1cccc(Br)c1)N1CCN(C(=O)c2ccccc2)CC1. The van der Waals surface area contributed by atoms with E-state index in [1.807, 2.05) is 64.4 Å². The number of ether oxygens (including phenoxy) is 1. The molecule has 0 N–H and O–H groups in total. The molecule has 5 nitrogen and oxygen atoms in total. The topological polar surface area (TPSA) is 49.9 Å². The predicted octanol–water partition coefficient (Wildman–Crippen LogP) is 3.59.